The van der Waals surface area contributed by atoms with Crippen LogP contribution in [0.3, 0.4) is 0 Å². The van der Waals surface area contributed by atoms with E-state index in [9.17, 15) is 4.79 Å². The maximum absolute atomic E-state index is 12.0. The number of aromatic amines is 1. The van der Waals surface area contributed by atoms with Crippen molar-refractivity contribution in [3.05, 3.63) is 78.5 Å². The number of anilines is 3. The minimum atomic E-state index is -0.361. The monoisotopic (exact) mass is 372 g/mol. The molecule has 0 fully saturated rings. The van der Waals surface area contributed by atoms with Crippen molar-refractivity contribution >= 4 is 34.3 Å². The topological polar surface area (TPSA) is 94.7 Å². The van der Waals surface area contributed by atoms with Gasteiger partial charge in [-0.3, -0.25) is 5.32 Å². The first-order chi connectivity index (χ1) is 13.8. The standard InChI is InChI=1S/C21H20N6O/c28-21(24-16-6-2-1-3-7-16)25-20-11-10-19(26-27-20)22-13-12-15-14-23-18-9-5-4-8-17(15)18/h1-11,14,23H,12-13H2,(H,22,26)(H2,24,25,27,28). The molecule has 0 aliphatic carbocycles. The lowest BCUT2D eigenvalue weighted by molar-refractivity contribution is 0.262. The van der Waals surface area contributed by atoms with Crippen LogP contribution < -0.4 is 16.0 Å². The van der Waals surface area contributed by atoms with E-state index in [1.807, 2.05) is 48.7 Å². The van der Waals surface area contributed by atoms with E-state index in [0.29, 0.717) is 17.3 Å². The number of urea groups is 1. The Morgan fingerprint density at radius 1 is 0.857 bits per heavy atom. The van der Waals surface area contributed by atoms with Crippen LogP contribution in [0, 0.1) is 0 Å². The molecule has 0 atom stereocenters. The van der Waals surface area contributed by atoms with Gasteiger partial charge in [0.15, 0.2) is 5.82 Å². The Labute approximate surface area is 162 Å². The maximum atomic E-state index is 12.0. The number of amides is 2. The van der Waals surface area contributed by atoms with Gasteiger partial charge in [-0.1, -0.05) is 36.4 Å². The van der Waals surface area contributed by atoms with E-state index < -0.39 is 0 Å². The van der Waals surface area contributed by atoms with Crippen molar-refractivity contribution < 1.29 is 4.79 Å². The van der Waals surface area contributed by atoms with E-state index in [-0.39, 0.29) is 6.03 Å². The lowest BCUT2D eigenvalue weighted by Gasteiger charge is -2.08. The van der Waals surface area contributed by atoms with Gasteiger partial charge in [-0.15, -0.1) is 10.2 Å². The second kappa shape index (κ2) is 8.22. The van der Waals surface area contributed by atoms with Gasteiger partial charge >= 0.3 is 6.03 Å². The highest BCUT2D eigenvalue weighted by molar-refractivity contribution is 5.99. The molecule has 2 aromatic carbocycles. The fourth-order valence-electron chi connectivity index (χ4n) is 2.96. The van der Waals surface area contributed by atoms with Crippen molar-refractivity contribution in [1.29, 1.82) is 0 Å². The molecule has 28 heavy (non-hydrogen) atoms. The molecule has 140 valence electrons. The summed E-state index contributed by atoms with van der Waals surface area (Å²) in [5.41, 5.74) is 3.11. The van der Waals surface area contributed by atoms with Crippen LogP contribution in [0.4, 0.5) is 22.1 Å². The molecule has 4 rings (SSSR count). The van der Waals surface area contributed by atoms with Crippen LogP contribution in [0.2, 0.25) is 0 Å². The Balaban J connectivity index is 1.28. The van der Waals surface area contributed by atoms with Crippen molar-refractivity contribution in [2.75, 3.05) is 22.5 Å². The van der Waals surface area contributed by atoms with Crippen molar-refractivity contribution in [3.63, 3.8) is 0 Å². The Bertz CT molecular complexity index is 1060. The summed E-state index contributed by atoms with van der Waals surface area (Å²) in [6, 6.07) is 20.6. The van der Waals surface area contributed by atoms with Gasteiger partial charge in [0.25, 0.3) is 0 Å². The molecule has 0 aliphatic heterocycles. The fourth-order valence-corrected chi connectivity index (χ4v) is 2.96. The largest absolute Gasteiger partial charge is 0.368 e. The summed E-state index contributed by atoms with van der Waals surface area (Å²) >= 11 is 0. The third-order valence-corrected chi connectivity index (χ3v) is 4.31. The highest BCUT2D eigenvalue weighted by Crippen LogP contribution is 2.18. The predicted molar refractivity (Wildman–Crippen MR) is 112 cm³/mol. The molecule has 2 amide bonds. The van der Waals surface area contributed by atoms with Gasteiger partial charge < -0.3 is 15.6 Å². The van der Waals surface area contributed by atoms with Crippen molar-refractivity contribution in [2.24, 2.45) is 0 Å². The van der Waals surface area contributed by atoms with Gasteiger partial charge in [-0.25, -0.2) is 4.79 Å². The van der Waals surface area contributed by atoms with Crippen LogP contribution in [0.25, 0.3) is 10.9 Å². The van der Waals surface area contributed by atoms with Crippen LogP contribution >= 0.6 is 0 Å². The van der Waals surface area contributed by atoms with Gasteiger partial charge in [0.1, 0.15) is 5.82 Å². The molecule has 4 N–H and O–H groups in total. The number of carbonyl (C=O) groups excluding carboxylic acids is 1. The van der Waals surface area contributed by atoms with Gasteiger partial charge in [-0.2, -0.15) is 0 Å². The molecule has 0 saturated carbocycles. The SMILES string of the molecule is O=C(Nc1ccccc1)Nc1ccc(NCCc2c[nH]c3ccccc23)nn1. The van der Waals surface area contributed by atoms with Gasteiger partial charge in [-0.05, 0) is 42.3 Å². The number of hydrogen-bond donors (Lipinski definition) is 4. The Kier molecular flexibility index (Phi) is 5.15. The summed E-state index contributed by atoms with van der Waals surface area (Å²) in [5, 5.41) is 18.0. The molecule has 0 unspecified atom stereocenters. The van der Waals surface area contributed by atoms with E-state index in [1.54, 1.807) is 12.1 Å². The van der Waals surface area contributed by atoms with Crippen LogP contribution in [0.15, 0.2) is 72.9 Å². The molecule has 7 heteroatoms. The zero-order valence-corrected chi connectivity index (χ0v) is 15.1. The zero-order valence-electron chi connectivity index (χ0n) is 15.1. The van der Waals surface area contributed by atoms with E-state index in [1.165, 1.54) is 10.9 Å². The van der Waals surface area contributed by atoms with Gasteiger partial charge in [0.05, 0.1) is 0 Å². The fraction of sp³-hybridized carbons (Fsp3) is 0.0952. The number of aromatic nitrogens is 3. The predicted octanol–water partition coefficient (Wildman–Crippen LogP) is 4.26. The summed E-state index contributed by atoms with van der Waals surface area (Å²) in [5.74, 6) is 1.05. The molecule has 0 bridgehead atoms. The van der Waals surface area contributed by atoms with Crippen LogP contribution in [0.1, 0.15) is 5.56 Å². The summed E-state index contributed by atoms with van der Waals surface area (Å²) in [6.45, 7) is 0.734. The number of H-pyrrole nitrogens is 1. The number of carbonyl (C=O) groups is 1. The highest BCUT2D eigenvalue weighted by atomic mass is 16.2. The summed E-state index contributed by atoms with van der Waals surface area (Å²) in [4.78, 5) is 15.2. The minimum absolute atomic E-state index is 0.361. The number of nitrogens with zero attached hydrogens (tertiary/aromatic N) is 2. The molecule has 0 spiro atoms. The molecule has 0 saturated heterocycles. The van der Waals surface area contributed by atoms with Gasteiger partial charge in [0.2, 0.25) is 0 Å². The Hall–Kier alpha value is -3.87. The third kappa shape index (κ3) is 4.27. The first-order valence-electron chi connectivity index (χ1n) is 9.03. The third-order valence-electron chi connectivity index (χ3n) is 4.31. The molecule has 4 aromatic rings. The number of rotatable bonds is 6. The molecular formula is C21H20N6O. The normalized spacial score (nSPS) is 10.6. The van der Waals surface area contributed by atoms with Crippen LogP contribution in [-0.2, 0) is 6.42 Å². The van der Waals surface area contributed by atoms with Crippen molar-refractivity contribution in [2.45, 2.75) is 6.42 Å². The smallest absolute Gasteiger partial charge is 0.324 e. The van der Waals surface area contributed by atoms with Crippen molar-refractivity contribution in [3.8, 4) is 0 Å². The summed E-state index contributed by atoms with van der Waals surface area (Å²) in [7, 11) is 0. The quantitative estimate of drug-likeness (QED) is 0.407. The molecule has 0 aliphatic rings. The average Bonchev–Trinajstić information content (AvgIpc) is 3.13. The Morgan fingerprint density at radius 3 is 2.43 bits per heavy atom. The number of hydrogen-bond acceptors (Lipinski definition) is 4. The van der Waals surface area contributed by atoms with Crippen molar-refractivity contribution in [1.82, 2.24) is 15.2 Å². The Morgan fingerprint density at radius 2 is 1.61 bits per heavy atom. The molecule has 7 nitrogen and oxygen atoms in total. The highest BCUT2D eigenvalue weighted by Gasteiger charge is 2.05. The lowest BCUT2D eigenvalue weighted by atomic mass is 10.1. The minimum Gasteiger partial charge on any atom is -0.368 e. The molecule has 0 radical (unpaired) electrons. The lowest BCUT2D eigenvalue weighted by Crippen LogP contribution is -2.20. The maximum Gasteiger partial charge on any atom is 0.324 e. The molecule has 2 heterocycles. The first-order valence-corrected chi connectivity index (χ1v) is 9.03. The second-order valence-electron chi connectivity index (χ2n) is 6.29. The van der Waals surface area contributed by atoms with Gasteiger partial charge in [0, 0.05) is 29.3 Å². The van der Waals surface area contributed by atoms with E-state index >= 15 is 0 Å². The average molecular weight is 372 g/mol. The van der Waals surface area contributed by atoms with E-state index in [0.717, 1.165) is 18.5 Å². The first kappa shape index (κ1) is 17.5. The second-order valence-corrected chi connectivity index (χ2v) is 6.29. The number of fused-ring (bicyclic) bond motifs is 1. The molecular weight excluding hydrogens is 352 g/mol. The number of para-hydroxylation sites is 2. The zero-order chi connectivity index (χ0) is 19.2. The van der Waals surface area contributed by atoms with Crippen LogP contribution in [0.5, 0.6) is 0 Å². The van der Waals surface area contributed by atoms with Crippen LogP contribution in [-0.4, -0.2) is 27.8 Å². The number of nitrogens with one attached hydrogen (secondary N) is 4. The van der Waals surface area contributed by atoms with E-state index in [2.05, 4.69) is 43.3 Å². The number of benzene rings is 2. The van der Waals surface area contributed by atoms with E-state index in [4.69, 9.17) is 0 Å². The summed E-state index contributed by atoms with van der Waals surface area (Å²) in [6.07, 6.45) is 2.90. The summed E-state index contributed by atoms with van der Waals surface area (Å²) < 4.78 is 0. The molecule has 2 aromatic heterocycles.